The second-order valence-corrected chi connectivity index (χ2v) is 5.65. The van der Waals surface area contributed by atoms with Gasteiger partial charge in [-0.3, -0.25) is 0 Å². The van der Waals surface area contributed by atoms with Gasteiger partial charge in [0.2, 0.25) is 0 Å². The fraction of sp³-hybridized carbons (Fsp3) is 0.571. The first kappa shape index (κ1) is 12.9. The Hall–Kier alpha value is -0.540. The second kappa shape index (κ2) is 5.40. The summed E-state index contributed by atoms with van der Waals surface area (Å²) in [5, 5.41) is 3.67. The Morgan fingerprint density at radius 3 is 2.88 bits per heavy atom. The third kappa shape index (κ3) is 2.83. The van der Waals surface area contributed by atoms with Crippen molar-refractivity contribution in [1.29, 1.82) is 0 Å². The van der Waals surface area contributed by atoms with Crippen LogP contribution in [0.25, 0.3) is 0 Å². The van der Waals surface area contributed by atoms with Crippen LogP contribution in [0.4, 0.5) is 0 Å². The van der Waals surface area contributed by atoms with Gasteiger partial charge in [-0.05, 0) is 56.0 Å². The number of ether oxygens (including phenoxy) is 1. The maximum atomic E-state index is 5.30. The van der Waals surface area contributed by atoms with Gasteiger partial charge in [-0.2, -0.15) is 0 Å². The van der Waals surface area contributed by atoms with Crippen LogP contribution in [0, 0.1) is 0 Å². The van der Waals surface area contributed by atoms with E-state index in [1.54, 1.807) is 7.11 Å². The van der Waals surface area contributed by atoms with E-state index in [1.165, 1.54) is 29.3 Å². The first-order chi connectivity index (χ1) is 8.19. The van der Waals surface area contributed by atoms with Crippen molar-refractivity contribution in [1.82, 2.24) is 5.32 Å². The van der Waals surface area contributed by atoms with Gasteiger partial charge in [-0.25, -0.2) is 0 Å². The lowest BCUT2D eigenvalue weighted by Crippen LogP contribution is -2.41. The third-order valence-corrected chi connectivity index (χ3v) is 4.56. The fourth-order valence-electron chi connectivity index (χ4n) is 2.62. The van der Waals surface area contributed by atoms with Crippen molar-refractivity contribution < 1.29 is 4.74 Å². The van der Waals surface area contributed by atoms with Crippen LogP contribution >= 0.6 is 15.9 Å². The molecule has 0 saturated carbocycles. The van der Waals surface area contributed by atoms with E-state index in [9.17, 15) is 0 Å². The van der Waals surface area contributed by atoms with Crippen LogP contribution < -0.4 is 10.1 Å². The van der Waals surface area contributed by atoms with E-state index in [2.05, 4.69) is 40.3 Å². The van der Waals surface area contributed by atoms with Crippen LogP contribution in [0.1, 0.15) is 31.7 Å². The summed E-state index contributed by atoms with van der Waals surface area (Å²) in [6.45, 7) is 3.42. The summed E-state index contributed by atoms with van der Waals surface area (Å²) in [7, 11) is 1.72. The molecule has 94 valence electrons. The van der Waals surface area contributed by atoms with Crippen LogP contribution in [0.15, 0.2) is 22.7 Å². The molecule has 0 radical (unpaired) electrons. The summed E-state index contributed by atoms with van der Waals surface area (Å²) in [5.74, 6) is 0.937. The van der Waals surface area contributed by atoms with Gasteiger partial charge in [0.15, 0.2) is 0 Å². The summed E-state index contributed by atoms with van der Waals surface area (Å²) in [6, 6.07) is 6.21. The zero-order valence-corrected chi connectivity index (χ0v) is 12.1. The Bertz CT molecular complexity index is 386. The Balaban J connectivity index is 2.22. The summed E-state index contributed by atoms with van der Waals surface area (Å²) in [4.78, 5) is 0. The average molecular weight is 298 g/mol. The monoisotopic (exact) mass is 297 g/mol. The van der Waals surface area contributed by atoms with Crippen molar-refractivity contribution >= 4 is 15.9 Å². The molecule has 1 heterocycles. The van der Waals surface area contributed by atoms with Gasteiger partial charge in [0.05, 0.1) is 7.11 Å². The van der Waals surface area contributed by atoms with Crippen molar-refractivity contribution in [3.05, 3.63) is 28.2 Å². The van der Waals surface area contributed by atoms with Gasteiger partial charge >= 0.3 is 0 Å². The first-order valence-electron chi connectivity index (χ1n) is 6.26. The standard InChI is InChI=1S/C14H20BrNO/c1-3-14(7-4-8-16-14)10-11-9-12(17-2)5-6-13(11)15/h5-6,9,16H,3-4,7-8,10H2,1-2H3. The number of halogens is 1. The van der Waals surface area contributed by atoms with E-state index in [0.29, 0.717) is 0 Å². The molecule has 3 heteroatoms. The minimum Gasteiger partial charge on any atom is -0.497 e. The SMILES string of the molecule is CCC1(Cc2cc(OC)ccc2Br)CCCN1. The molecule has 1 aliphatic rings. The molecule has 2 rings (SSSR count). The number of rotatable bonds is 4. The highest BCUT2D eigenvalue weighted by Gasteiger charge is 2.32. The lowest BCUT2D eigenvalue weighted by Gasteiger charge is -2.29. The third-order valence-electron chi connectivity index (χ3n) is 3.79. The van der Waals surface area contributed by atoms with E-state index in [4.69, 9.17) is 4.74 Å². The fourth-order valence-corrected chi connectivity index (χ4v) is 3.01. The Morgan fingerprint density at radius 2 is 2.29 bits per heavy atom. The number of benzene rings is 1. The lowest BCUT2D eigenvalue weighted by molar-refractivity contribution is 0.358. The quantitative estimate of drug-likeness (QED) is 0.918. The molecule has 1 saturated heterocycles. The van der Waals surface area contributed by atoms with E-state index in [-0.39, 0.29) is 5.54 Å². The highest BCUT2D eigenvalue weighted by molar-refractivity contribution is 9.10. The minimum absolute atomic E-state index is 0.287. The molecule has 17 heavy (non-hydrogen) atoms. The van der Waals surface area contributed by atoms with Crippen molar-refractivity contribution in [3.8, 4) is 5.75 Å². The lowest BCUT2D eigenvalue weighted by atomic mass is 9.87. The molecule has 1 N–H and O–H groups in total. The Morgan fingerprint density at radius 1 is 1.47 bits per heavy atom. The van der Waals surface area contributed by atoms with Gasteiger partial charge in [-0.1, -0.05) is 22.9 Å². The van der Waals surface area contributed by atoms with Crippen LogP contribution in [0.2, 0.25) is 0 Å². The summed E-state index contributed by atoms with van der Waals surface area (Å²) in [6.07, 6.45) is 4.81. The van der Waals surface area contributed by atoms with Gasteiger partial charge < -0.3 is 10.1 Å². The molecular formula is C14H20BrNO. The van der Waals surface area contributed by atoms with Crippen molar-refractivity contribution in [2.24, 2.45) is 0 Å². The molecular weight excluding hydrogens is 278 g/mol. The van der Waals surface area contributed by atoms with Crippen LogP contribution in [0.3, 0.4) is 0 Å². The summed E-state index contributed by atoms with van der Waals surface area (Å²) in [5.41, 5.74) is 1.62. The van der Waals surface area contributed by atoms with Gasteiger partial charge in [0.1, 0.15) is 5.75 Å². The minimum atomic E-state index is 0.287. The molecule has 1 aliphatic heterocycles. The molecule has 2 nitrogen and oxygen atoms in total. The Kier molecular flexibility index (Phi) is 4.10. The molecule has 0 spiro atoms. The molecule has 0 aromatic heterocycles. The molecule has 1 atom stereocenters. The molecule has 1 aromatic rings. The van der Waals surface area contributed by atoms with Crippen LogP contribution in [-0.2, 0) is 6.42 Å². The van der Waals surface area contributed by atoms with Gasteiger partial charge in [0, 0.05) is 10.0 Å². The zero-order valence-electron chi connectivity index (χ0n) is 10.6. The summed E-state index contributed by atoms with van der Waals surface area (Å²) < 4.78 is 6.48. The van der Waals surface area contributed by atoms with E-state index < -0.39 is 0 Å². The smallest absolute Gasteiger partial charge is 0.119 e. The molecule has 1 fully saturated rings. The molecule has 1 aromatic carbocycles. The van der Waals surface area contributed by atoms with Crippen LogP contribution in [0.5, 0.6) is 5.75 Å². The molecule has 0 aliphatic carbocycles. The largest absolute Gasteiger partial charge is 0.497 e. The zero-order chi connectivity index (χ0) is 12.3. The number of methoxy groups -OCH3 is 1. The molecule has 1 unspecified atom stereocenters. The first-order valence-corrected chi connectivity index (χ1v) is 7.06. The normalized spacial score (nSPS) is 23.9. The number of hydrogen-bond acceptors (Lipinski definition) is 2. The number of hydrogen-bond donors (Lipinski definition) is 1. The van der Waals surface area contributed by atoms with E-state index in [0.717, 1.165) is 18.7 Å². The van der Waals surface area contributed by atoms with Crippen molar-refractivity contribution in [3.63, 3.8) is 0 Å². The highest BCUT2D eigenvalue weighted by Crippen LogP contribution is 2.31. The predicted octanol–water partition coefficient (Wildman–Crippen LogP) is 3.53. The van der Waals surface area contributed by atoms with E-state index >= 15 is 0 Å². The second-order valence-electron chi connectivity index (χ2n) is 4.80. The molecule has 0 bridgehead atoms. The number of nitrogens with one attached hydrogen (secondary N) is 1. The topological polar surface area (TPSA) is 21.3 Å². The highest BCUT2D eigenvalue weighted by atomic mass is 79.9. The molecule has 0 amide bonds. The van der Waals surface area contributed by atoms with Gasteiger partial charge in [0.25, 0.3) is 0 Å². The van der Waals surface area contributed by atoms with Crippen molar-refractivity contribution in [2.45, 2.75) is 38.1 Å². The van der Waals surface area contributed by atoms with Crippen LogP contribution in [-0.4, -0.2) is 19.2 Å². The van der Waals surface area contributed by atoms with Crippen molar-refractivity contribution in [2.75, 3.05) is 13.7 Å². The predicted molar refractivity (Wildman–Crippen MR) is 74.7 cm³/mol. The maximum Gasteiger partial charge on any atom is 0.119 e. The summed E-state index contributed by atoms with van der Waals surface area (Å²) >= 11 is 3.64. The maximum absolute atomic E-state index is 5.30. The van der Waals surface area contributed by atoms with E-state index in [1.807, 2.05) is 6.07 Å². The average Bonchev–Trinajstić information content (AvgIpc) is 2.81. The van der Waals surface area contributed by atoms with Gasteiger partial charge in [-0.15, -0.1) is 0 Å². The Labute approximate surface area is 112 Å².